The number of pyridine rings is 1. The Hall–Kier alpha value is -4.24. The molecule has 6 heterocycles. The monoisotopic (exact) mass is 659 g/mol. The summed E-state index contributed by atoms with van der Waals surface area (Å²) in [6, 6.07) is 5.43. The first-order valence-corrected chi connectivity index (χ1v) is 17.0. The number of hydrogen-bond acceptors (Lipinski definition) is 9. The molecular formula is C36H43F2N7O3. The maximum Gasteiger partial charge on any atom is 0.410 e. The second-order valence-corrected chi connectivity index (χ2v) is 14.6. The Bertz CT molecular complexity index is 1770. The zero-order valence-corrected chi connectivity index (χ0v) is 28.1. The second-order valence-electron chi connectivity index (χ2n) is 14.6. The third-order valence-corrected chi connectivity index (χ3v) is 10.2. The first-order chi connectivity index (χ1) is 23.0. The summed E-state index contributed by atoms with van der Waals surface area (Å²) in [5, 5.41) is 3.71. The molecule has 12 heteroatoms. The van der Waals surface area contributed by atoms with Gasteiger partial charge in [-0.1, -0.05) is 18.1 Å². The van der Waals surface area contributed by atoms with Gasteiger partial charge in [0.25, 0.3) is 0 Å². The maximum absolute atomic E-state index is 16.7. The molecule has 7 rings (SSSR count). The highest BCUT2D eigenvalue weighted by Crippen LogP contribution is 2.43. The number of carbonyl (C=O) groups excluding carboxylic acids is 1. The van der Waals surface area contributed by atoms with Gasteiger partial charge in [0.15, 0.2) is 11.6 Å². The molecule has 1 aromatic carbocycles. The standard InChI is InChI=1S/C36H43F2N7O3/c1-6-23-10-7-11-25(27-12-8-16-45(27)34(46)48-35(3,4)5)29(23)40-31-28(38)30-26(32(42-31)44-17-13-22(44)2)19-39-33(41-30)47-21-36-14-9-15-43(36)20-24(37)18-36/h1,7,10-11,19,22,24,27H,8-9,12-18,20-21H2,2-5H3,(H,40,42)/t22-,24+,27?,36-/m0/s1. The Morgan fingerprint density at radius 2 is 2.02 bits per heavy atom. The van der Waals surface area contributed by atoms with Gasteiger partial charge in [0.05, 0.1) is 22.7 Å². The van der Waals surface area contributed by atoms with Gasteiger partial charge >= 0.3 is 12.1 Å². The van der Waals surface area contributed by atoms with E-state index in [1.54, 1.807) is 17.2 Å². The Kier molecular flexibility index (Phi) is 8.30. The Labute approximate surface area is 280 Å². The average Bonchev–Trinajstić information content (AvgIpc) is 3.75. The number of alkyl halides is 1. The van der Waals surface area contributed by atoms with Gasteiger partial charge in [0.2, 0.25) is 0 Å². The minimum absolute atomic E-state index is 0.0355. The molecule has 4 atom stereocenters. The largest absolute Gasteiger partial charge is 0.461 e. The van der Waals surface area contributed by atoms with Crippen molar-refractivity contribution in [2.75, 3.05) is 43.0 Å². The summed E-state index contributed by atoms with van der Waals surface area (Å²) in [5.74, 6) is 2.57. The molecule has 3 aromatic rings. The number of terminal acetylenes is 1. The number of fused-ring (bicyclic) bond motifs is 2. The molecule has 254 valence electrons. The fraction of sp³-hybridized carbons (Fsp3) is 0.556. The lowest BCUT2D eigenvalue weighted by Crippen LogP contribution is -2.46. The van der Waals surface area contributed by atoms with Crippen LogP contribution in [0.5, 0.6) is 6.01 Å². The van der Waals surface area contributed by atoms with Crippen LogP contribution in [0.3, 0.4) is 0 Å². The summed E-state index contributed by atoms with van der Waals surface area (Å²) in [4.78, 5) is 33.0. The number of benzene rings is 1. The van der Waals surface area contributed by atoms with Crippen LogP contribution in [0.25, 0.3) is 10.9 Å². The highest BCUT2D eigenvalue weighted by molar-refractivity contribution is 5.93. The fourth-order valence-corrected chi connectivity index (χ4v) is 7.73. The summed E-state index contributed by atoms with van der Waals surface area (Å²) in [7, 11) is 0. The quantitative estimate of drug-likeness (QED) is 0.285. The van der Waals surface area contributed by atoms with Crippen LogP contribution >= 0.6 is 0 Å². The molecule has 4 aliphatic heterocycles. The van der Waals surface area contributed by atoms with Crippen LogP contribution in [0, 0.1) is 18.2 Å². The highest BCUT2D eigenvalue weighted by Gasteiger charge is 2.49. The number of amides is 1. The van der Waals surface area contributed by atoms with Gasteiger partial charge in [-0.3, -0.25) is 4.90 Å². The van der Waals surface area contributed by atoms with Crippen molar-refractivity contribution in [3.05, 3.63) is 41.3 Å². The van der Waals surface area contributed by atoms with Gasteiger partial charge in [0, 0.05) is 43.9 Å². The summed E-state index contributed by atoms with van der Waals surface area (Å²) in [5.41, 5.74) is 0.798. The smallest absolute Gasteiger partial charge is 0.410 e. The zero-order chi connectivity index (χ0) is 33.8. The number of likely N-dealkylation sites (tertiary alicyclic amines) is 1. The van der Waals surface area contributed by atoms with Crippen molar-refractivity contribution in [1.82, 2.24) is 24.8 Å². The van der Waals surface area contributed by atoms with Crippen LogP contribution in [-0.4, -0.2) is 87.0 Å². The van der Waals surface area contributed by atoms with Gasteiger partial charge in [0.1, 0.15) is 29.7 Å². The van der Waals surface area contributed by atoms with E-state index < -0.39 is 23.7 Å². The molecule has 0 bridgehead atoms. The van der Waals surface area contributed by atoms with E-state index in [1.165, 1.54) is 0 Å². The van der Waals surface area contributed by atoms with Crippen LogP contribution in [0.4, 0.5) is 30.9 Å². The lowest BCUT2D eigenvalue weighted by molar-refractivity contribution is 0.0225. The van der Waals surface area contributed by atoms with Crippen molar-refractivity contribution < 1.29 is 23.0 Å². The molecule has 48 heavy (non-hydrogen) atoms. The highest BCUT2D eigenvalue weighted by atomic mass is 19.1. The van der Waals surface area contributed by atoms with Crippen LogP contribution < -0.4 is 15.0 Å². The molecule has 1 N–H and O–H groups in total. The number of halogens is 2. The molecule has 4 saturated heterocycles. The number of aromatic nitrogens is 3. The van der Waals surface area contributed by atoms with E-state index in [1.807, 2.05) is 32.9 Å². The topological polar surface area (TPSA) is 96.0 Å². The summed E-state index contributed by atoms with van der Waals surface area (Å²) < 4.78 is 42.8. The molecular weight excluding hydrogens is 616 g/mol. The van der Waals surface area contributed by atoms with Crippen molar-refractivity contribution in [2.24, 2.45) is 0 Å². The average molecular weight is 660 g/mol. The van der Waals surface area contributed by atoms with E-state index in [-0.39, 0.29) is 41.6 Å². The summed E-state index contributed by atoms with van der Waals surface area (Å²) >= 11 is 0. The summed E-state index contributed by atoms with van der Waals surface area (Å²) in [6.45, 7) is 10.4. The summed E-state index contributed by atoms with van der Waals surface area (Å²) in [6.07, 6.45) is 10.9. The third-order valence-electron chi connectivity index (χ3n) is 10.2. The molecule has 2 aromatic heterocycles. The molecule has 4 fully saturated rings. The number of para-hydroxylation sites is 1. The number of carbonyl (C=O) groups is 1. The number of ether oxygens (including phenoxy) is 2. The lowest BCUT2D eigenvalue weighted by atomic mass is 9.95. The Morgan fingerprint density at radius 3 is 2.75 bits per heavy atom. The van der Waals surface area contributed by atoms with Crippen LogP contribution in [-0.2, 0) is 4.74 Å². The van der Waals surface area contributed by atoms with Crippen LogP contribution in [0.2, 0.25) is 0 Å². The molecule has 1 amide bonds. The number of anilines is 3. The number of rotatable bonds is 7. The number of nitrogens with one attached hydrogen (secondary N) is 1. The Balaban J connectivity index is 1.26. The van der Waals surface area contributed by atoms with Crippen molar-refractivity contribution in [1.29, 1.82) is 0 Å². The lowest BCUT2D eigenvalue weighted by Gasteiger charge is -2.40. The number of hydrogen-bond donors (Lipinski definition) is 1. The molecule has 10 nitrogen and oxygen atoms in total. The van der Waals surface area contributed by atoms with Crippen molar-refractivity contribution in [3.8, 4) is 18.4 Å². The van der Waals surface area contributed by atoms with Gasteiger partial charge in [-0.15, -0.1) is 6.42 Å². The molecule has 0 aliphatic carbocycles. The first kappa shape index (κ1) is 32.3. The molecule has 1 unspecified atom stereocenters. The molecule has 4 aliphatic rings. The van der Waals surface area contributed by atoms with Crippen molar-refractivity contribution in [2.45, 2.75) is 95.6 Å². The molecule has 0 saturated carbocycles. The minimum atomic E-state index is -0.888. The third kappa shape index (κ3) is 5.87. The molecule has 0 radical (unpaired) electrons. The van der Waals surface area contributed by atoms with Gasteiger partial charge in [-0.05, 0) is 78.0 Å². The van der Waals surface area contributed by atoms with E-state index in [0.717, 1.165) is 44.3 Å². The van der Waals surface area contributed by atoms with Crippen LogP contribution in [0.1, 0.15) is 83.4 Å². The molecule has 0 spiro atoms. The van der Waals surface area contributed by atoms with Crippen molar-refractivity contribution >= 4 is 34.3 Å². The van der Waals surface area contributed by atoms with Crippen molar-refractivity contribution in [3.63, 3.8) is 0 Å². The second kappa shape index (κ2) is 12.3. The van der Waals surface area contributed by atoms with E-state index >= 15 is 4.39 Å². The van der Waals surface area contributed by atoms with Gasteiger partial charge < -0.3 is 24.6 Å². The minimum Gasteiger partial charge on any atom is -0.461 e. The maximum atomic E-state index is 16.7. The SMILES string of the molecule is C#Cc1cccc(C2CCCN2C(=O)OC(C)(C)C)c1Nc1nc(N2CC[C@@H]2C)c2cnc(OC[C@@]34CCCN3C[C@H](F)C4)nc2c1F. The van der Waals surface area contributed by atoms with E-state index in [0.29, 0.717) is 48.4 Å². The fourth-order valence-electron chi connectivity index (χ4n) is 7.73. The van der Waals surface area contributed by atoms with E-state index in [2.05, 4.69) is 37.9 Å². The van der Waals surface area contributed by atoms with Gasteiger partial charge in [-0.2, -0.15) is 4.98 Å². The van der Waals surface area contributed by atoms with E-state index in [4.69, 9.17) is 20.9 Å². The van der Waals surface area contributed by atoms with E-state index in [9.17, 15) is 9.18 Å². The van der Waals surface area contributed by atoms with Crippen LogP contribution in [0.15, 0.2) is 24.4 Å². The predicted octanol–water partition coefficient (Wildman–Crippen LogP) is 6.51. The Morgan fingerprint density at radius 1 is 1.19 bits per heavy atom. The zero-order valence-electron chi connectivity index (χ0n) is 28.1. The normalized spacial score (nSPS) is 25.6. The number of nitrogens with zero attached hydrogens (tertiary/aromatic N) is 6. The first-order valence-electron chi connectivity index (χ1n) is 17.0. The predicted molar refractivity (Wildman–Crippen MR) is 180 cm³/mol. The van der Waals surface area contributed by atoms with Gasteiger partial charge in [-0.25, -0.2) is 23.5 Å².